The molecule has 2 amide bonds. The summed E-state index contributed by atoms with van der Waals surface area (Å²) in [7, 11) is 0. The number of carbonyl (C=O) groups excluding carboxylic acids is 2. The molecule has 1 saturated carbocycles. The van der Waals surface area contributed by atoms with Crippen LogP contribution in [0.5, 0.6) is 0 Å². The molecule has 1 aromatic rings. The van der Waals surface area contributed by atoms with E-state index in [2.05, 4.69) is 24.9 Å². The molecule has 8 heteroatoms. The first-order valence-electron chi connectivity index (χ1n) is 9.28. The number of aromatic nitrogens is 2. The molecule has 0 radical (unpaired) electrons. The molecular formula is C17H27N5O2S. The number of hydrogen-bond donors (Lipinski definition) is 2. The molecule has 1 aliphatic carbocycles. The molecule has 25 heavy (non-hydrogen) atoms. The molecular weight excluding hydrogens is 338 g/mol. The van der Waals surface area contributed by atoms with E-state index in [4.69, 9.17) is 0 Å². The zero-order chi connectivity index (χ0) is 17.6. The highest BCUT2D eigenvalue weighted by molar-refractivity contribution is 7.09. The van der Waals surface area contributed by atoms with E-state index < -0.39 is 0 Å². The Kier molecular flexibility index (Phi) is 6.23. The summed E-state index contributed by atoms with van der Waals surface area (Å²) in [5, 5.41) is 6.65. The maximum Gasteiger partial charge on any atom is 0.243 e. The first-order chi connectivity index (χ1) is 12.1. The number of amides is 2. The smallest absolute Gasteiger partial charge is 0.243 e. The van der Waals surface area contributed by atoms with E-state index >= 15 is 0 Å². The van der Waals surface area contributed by atoms with Gasteiger partial charge in [-0.3, -0.25) is 14.9 Å². The van der Waals surface area contributed by atoms with Crippen molar-refractivity contribution in [3.63, 3.8) is 0 Å². The van der Waals surface area contributed by atoms with Gasteiger partial charge in [0.25, 0.3) is 0 Å². The minimum atomic E-state index is -0.177. The van der Waals surface area contributed by atoms with Crippen molar-refractivity contribution in [3.05, 3.63) is 0 Å². The zero-order valence-electron chi connectivity index (χ0n) is 14.8. The fourth-order valence-corrected chi connectivity index (χ4v) is 4.32. The van der Waals surface area contributed by atoms with E-state index in [9.17, 15) is 9.59 Å². The van der Waals surface area contributed by atoms with Gasteiger partial charge in [0, 0.05) is 37.6 Å². The predicted molar refractivity (Wildman–Crippen MR) is 98.8 cm³/mol. The number of nitrogens with zero attached hydrogens (tertiary/aromatic N) is 3. The molecule has 2 aliphatic rings. The van der Waals surface area contributed by atoms with Crippen LogP contribution in [0.25, 0.3) is 0 Å². The van der Waals surface area contributed by atoms with Crippen LogP contribution in [-0.2, 0) is 9.59 Å². The van der Waals surface area contributed by atoms with Gasteiger partial charge in [-0.25, -0.2) is 0 Å². The van der Waals surface area contributed by atoms with E-state index in [1.165, 1.54) is 44.1 Å². The lowest BCUT2D eigenvalue weighted by Gasteiger charge is -2.32. The van der Waals surface area contributed by atoms with Crippen molar-refractivity contribution < 1.29 is 9.59 Å². The van der Waals surface area contributed by atoms with Gasteiger partial charge in [0.2, 0.25) is 22.9 Å². The molecule has 1 unspecified atom stereocenters. The monoisotopic (exact) mass is 365 g/mol. The van der Waals surface area contributed by atoms with Crippen LogP contribution < -0.4 is 15.5 Å². The molecule has 3 rings (SSSR count). The minimum Gasteiger partial charge on any atom is -0.353 e. The van der Waals surface area contributed by atoms with E-state index in [0.29, 0.717) is 18.5 Å². The molecule has 7 nitrogen and oxygen atoms in total. The summed E-state index contributed by atoms with van der Waals surface area (Å²) < 4.78 is 4.16. The van der Waals surface area contributed by atoms with Gasteiger partial charge in [-0.05, 0) is 25.7 Å². The van der Waals surface area contributed by atoms with Gasteiger partial charge in [-0.15, -0.1) is 0 Å². The first-order valence-corrected chi connectivity index (χ1v) is 10.1. The number of anilines is 2. The van der Waals surface area contributed by atoms with E-state index in [0.717, 1.165) is 37.4 Å². The highest BCUT2D eigenvalue weighted by Crippen LogP contribution is 2.26. The zero-order valence-corrected chi connectivity index (χ0v) is 15.6. The largest absolute Gasteiger partial charge is 0.353 e. The second-order valence-electron chi connectivity index (χ2n) is 7.06. The third-order valence-electron chi connectivity index (χ3n) is 4.97. The Morgan fingerprint density at radius 3 is 2.60 bits per heavy atom. The molecule has 2 N–H and O–H groups in total. The number of carbonyl (C=O) groups is 2. The Hall–Kier alpha value is -1.70. The average molecular weight is 366 g/mol. The van der Waals surface area contributed by atoms with Gasteiger partial charge in [0.05, 0.1) is 5.92 Å². The third-order valence-corrected chi connectivity index (χ3v) is 5.74. The van der Waals surface area contributed by atoms with E-state index in [-0.39, 0.29) is 17.7 Å². The highest BCUT2D eigenvalue weighted by Gasteiger charge is 2.29. The summed E-state index contributed by atoms with van der Waals surface area (Å²) >= 11 is 1.27. The van der Waals surface area contributed by atoms with Crippen LogP contribution in [-0.4, -0.2) is 40.3 Å². The normalized spacial score (nSPS) is 22.3. The molecule has 1 saturated heterocycles. The molecule has 1 aliphatic heterocycles. The highest BCUT2D eigenvalue weighted by atomic mass is 32.1. The Morgan fingerprint density at radius 2 is 1.88 bits per heavy atom. The van der Waals surface area contributed by atoms with Gasteiger partial charge in [-0.2, -0.15) is 9.36 Å². The van der Waals surface area contributed by atoms with Crippen LogP contribution in [0.1, 0.15) is 58.3 Å². The number of piperidine rings is 1. The van der Waals surface area contributed by atoms with Crippen molar-refractivity contribution in [2.24, 2.45) is 5.92 Å². The molecule has 0 bridgehead atoms. The van der Waals surface area contributed by atoms with Crippen LogP contribution in [0.4, 0.5) is 11.1 Å². The second kappa shape index (κ2) is 8.60. The molecule has 0 aromatic carbocycles. The fraction of sp³-hybridized carbons (Fsp3) is 0.765. The van der Waals surface area contributed by atoms with Crippen molar-refractivity contribution in [1.82, 2.24) is 14.7 Å². The van der Waals surface area contributed by atoms with Crippen molar-refractivity contribution in [1.29, 1.82) is 0 Å². The molecule has 2 heterocycles. The number of rotatable bonds is 4. The number of nitrogens with one attached hydrogen (secondary N) is 2. The summed E-state index contributed by atoms with van der Waals surface area (Å²) in [5.74, 6) is 0.356. The van der Waals surface area contributed by atoms with Crippen LogP contribution in [0.15, 0.2) is 0 Å². The van der Waals surface area contributed by atoms with Crippen molar-refractivity contribution in [3.8, 4) is 0 Å². The molecule has 1 atom stereocenters. The maximum atomic E-state index is 12.7. The van der Waals surface area contributed by atoms with Gasteiger partial charge >= 0.3 is 0 Å². The average Bonchev–Trinajstić information content (AvgIpc) is 2.90. The predicted octanol–water partition coefficient (Wildman–Crippen LogP) is 2.55. The summed E-state index contributed by atoms with van der Waals surface area (Å²) in [6.45, 7) is 2.99. The van der Waals surface area contributed by atoms with Gasteiger partial charge < -0.3 is 10.2 Å². The third kappa shape index (κ3) is 5.14. The summed E-state index contributed by atoms with van der Waals surface area (Å²) in [6, 6.07) is 0.346. The van der Waals surface area contributed by atoms with Crippen molar-refractivity contribution in [2.75, 3.05) is 23.3 Å². The summed E-state index contributed by atoms with van der Waals surface area (Å²) in [4.78, 5) is 30.3. The molecule has 2 fully saturated rings. The minimum absolute atomic E-state index is 0.00474. The Balaban J connectivity index is 1.55. The molecule has 138 valence electrons. The van der Waals surface area contributed by atoms with Crippen LogP contribution in [0.2, 0.25) is 0 Å². The van der Waals surface area contributed by atoms with Crippen LogP contribution in [0.3, 0.4) is 0 Å². The van der Waals surface area contributed by atoms with Crippen molar-refractivity contribution >= 4 is 34.4 Å². The second-order valence-corrected chi connectivity index (χ2v) is 7.79. The van der Waals surface area contributed by atoms with Crippen LogP contribution >= 0.6 is 11.5 Å². The van der Waals surface area contributed by atoms with E-state index in [1.54, 1.807) is 0 Å². The lowest BCUT2D eigenvalue weighted by molar-refractivity contribution is -0.126. The summed E-state index contributed by atoms with van der Waals surface area (Å²) in [6.07, 6.45) is 9.13. The Labute approximate surface area is 152 Å². The molecule has 0 spiro atoms. The Morgan fingerprint density at radius 1 is 1.12 bits per heavy atom. The lowest BCUT2D eigenvalue weighted by Crippen LogP contribution is -2.46. The van der Waals surface area contributed by atoms with Gasteiger partial charge in [0.15, 0.2) is 0 Å². The van der Waals surface area contributed by atoms with Crippen LogP contribution in [0, 0.1) is 5.92 Å². The standard InChI is InChI=1S/C17H27N5O2S/c1-12(23)18-16-20-17(25-21-16)22-10-6-7-13(11-22)15(24)19-14-8-4-2-3-5-9-14/h13-14H,2-11H2,1H3,(H,19,24)(H,18,21,23). The quantitative estimate of drug-likeness (QED) is 0.801. The van der Waals surface area contributed by atoms with E-state index in [1.807, 2.05) is 0 Å². The lowest BCUT2D eigenvalue weighted by atomic mass is 9.96. The first kappa shape index (κ1) is 18.1. The molecule has 1 aromatic heterocycles. The fourth-order valence-electron chi connectivity index (χ4n) is 3.66. The van der Waals surface area contributed by atoms with Gasteiger partial charge in [0.1, 0.15) is 0 Å². The maximum absolute atomic E-state index is 12.7. The number of hydrogen-bond acceptors (Lipinski definition) is 6. The Bertz CT molecular complexity index is 598. The van der Waals surface area contributed by atoms with Crippen molar-refractivity contribution in [2.45, 2.75) is 64.3 Å². The summed E-state index contributed by atoms with van der Waals surface area (Å²) in [5.41, 5.74) is 0. The van der Waals surface area contributed by atoms with Gasteiger partial charge in [-0.1, -0.05) is 25.7 Å². The SMILES string of the molecule is CC(=O)Nc1nsc(N2CCCC(C(=O)NC3CCCCCC3)C2)n1. The topological polar surface area (TPSA) is 87.2 Å².